The fourth-order valence-electron chi connectivity index (χ4n) is 8.10. The first-order chi connectivity index (χ1) is 14.1. The fourth-order valence-corrected chi connectivity index (χ4v) is 8.10. The van der Waals surface area contributed by atoms with Gasteiger partial charge in [0.05, 0.1) is 6.04 Å². The zero-order valence-corrected chi connectivity index (χ0v) is 21.0. The van der Waals surface area contributed by atoms with Gasteiger partial charge < -0.3 is 5.11 Å². The molecular weight excluding hydrogens is 480 g/mol. The SMILES string of the molecule is Oc1c(C=NC2CC3CCC2C3)cccc1C12CC3CC(CC(C3)C1)C2.[Cl][Zr][Cl]. The van der Waals surface area contributed by atoms with Crippen LogP contribution in [0.5, 0.6) is 5.75 Å². The molecule has 6 bridgehead atoms. The van der Waals surface area contributed by atoms with E-state index in [2.05, 4.69) is 18.2 Å². The Kier molecular flexibility index (Phi) is 6.23. The molecule has 5 heteroatoms. The zero-order chi connectivity index (χ0) is 20.0. The van der Waals surface area contributed by atoms with E-state index in [9.17, 15) is 5.11 Å². The summed E-state index contributed by atoms with van der Waals surface area (Å²) in [6, 6.07) is 6.96. The summed E-state index contributed by atoms with van der Waals surface area (Å²) in [4.78, 5) is 4.94. The van der Waals surface area contributed by atoms with Crippen LogP contribution in [0.2, 0.25) is 0 Å². The van der Waals surface area contributed by atoms with E-state index in [0.29, 0.717) is 11.8 Å². The summed E-state index contributed by atoms with van der Waals surface area (Å²) in [5.41, 5.74) is 2.46. The Morgan fingerprint density at radius 2 is 1.59 bits per heavy atom. The quantitative estimate of drug-likeness (QED) is 0.443. The summed E-state index contributed by atoms with van der Waals surface area (Å²) in [5, 5.41) is 11.2. The monoisotopic (exact) mass is 509 g/mol. The first kappa shape index (κ1) is 21.0. The van der Waals surface area contributed by atoms with Crippen LogP contribution in [0.25, 0.3) is 0 Å². The molecule has 6 saturated carbocycles. The zero-order valence-electron chi connectivity index (χ0n) is 17.0. The summed E-state index contributed by atoms with van der Waals surface area (Å²) < 4.78 is 0. The average Bonchev–Trinajstić information content (AvgIpc) is 3.30. The molecule has 2 nitrogen and oxygen atoms in total. The molecule has 3 atom stereocenters. The fraction of sp³-hybridized carbons (Fsp3) is 0.708. The topological polar surface area (TPSA) is 32.6 Å². The van der Waals surface area contributed by atoms with Crippen LogP contribution in [0.15, 0.2) is 23.2 Å². The molecule has 7 rings (SSSR count). The molecule has 156 valence electrons. The van der Waals surface area contributed by atoms with Gasteiger partial charge in [0.2, 0.25) is 0 Å². The standard InChI is InChI=1S/C24H31NO.2ClH.Zr/c26-23-20(14-25-22-10-15-4-5-19(22)9-15)2-1-3-21(23)24-11-16-6-17(12-24)8-18(7-16)13-24;;;/h1-3,14-19,22,26H,4-13H2;2*1H;/q;;;+2/p-2. The van der Waals surface area contributed by atoms with Crippen molar-refractivity contribution in [2.24, 2.45) is 34.6 Å². The number of halogens is 2. The van der Waals surface area contributed by atoms with E-state index in [1.807, 2.05) is 6.21 Å². The van der Waals surface area contributed by atoms with Crippen molar-refractivity contribution >= 4 is 23.2 Å². The van der Waals surface area contributed by atoms with Gasteiger partial charge in [-0.15, -0.1) is 0 Å². The van der Waals surface area contributed by atoms with Crippen LogP contribution in [0.1, 0.15) is 75.3 Å². The van der Waals surface area contributed by atoms with Gasteiger partial charge in [0.25, 0.3) is 0 Å². The third-order valence-electron chi connectivity index (χ3n) is 8.78. The summed E-state index contributed by atoms with van der Waals surface area (Å²) in [6.45, 7) is 0. The molecule has 1 aromatic rings. The molecule has 1 aromatic carbocycles. The van der Waals surface area contributed by atoms with E-state index in [1.165, 1.54) is 69.8 Å². The van der Waals surface area contributed by atoms with Crippen molar-refractivity contribution in [3.63, 3.8) is 0 Å². The van der Waals surface area contributed by atoms with Gasteiger partial charge in [-0.25, -0.2) is 0 Å². The number of rotatable bonds is 3. The van der Waals surface area contributed by atoms with E-state index in [-0.39, 0.29) is 5.41 Å². The minimum absolute atomic E-state index is 0.259. The summed E-state index contributed by atoms with van der Waals surface area (Å²) in [5.74, 6) is 5.01. The van der Waals surface area contributed by atoms with Crippen LogP contribution in [0.3, 0.4) is 0 Å². The second kappa shape index (κ2) is 8.59. The molecule has 29 heavy (non-hydrogen) atoms. The number of fused-ring (bicyclic) bond motifs is 2. The van der Waals surface area contributed by atoms with Crippen LogP contribution in [0.4, 0.5) is 0 Å². The maximum absolute atomic E-state index is 11.2. The average molecular weight is 512 g/mol. The maximum atomic E-state index is 11.2. The molecule has 0 heterocycles. The number of hydrogen-bond acceptors (Lipinski definition) is 2. The molecule has 6 fully saturated rings. The Balaban J connectivity index is 0.000000573. The van der Waals surface area contributed by atoms with Gasteiger partial charge in [0.15, 0.2) is 0 Å². The molecule has 6 aliphatic rings. The van der Waals surface area contributed by atoms with Gasteiger partial charge in [-0.1, -0.05) is 18.6 Å². The molecule has 0 aliphatic heterocycles. The van der Waals surface area contributed by atoms with E-state index in [0.717, 1.165) is 35.2 Å². The number of phenols is 1. The van der Waals surface area contributed by atoms with Crippen LogP contribution < -0.4 is 0 Å². The van der Waals surface area contributed by atoms with Gasteiger partial charge in [-0.3, -0.25) is 4.99 Å². The Bertz CT molecular complexity index is 747. The van der Waals surface area contributed by atoms with Crippen molar-refractivity contribution in [2.45, 2.75) is 75.7 Å². The Morgan fingerprint density at radius 1 is 0.931 bits per heavy atom. The molecule has 0 saturated heterocycles. The molecular formula is C24H31Cl2NOZr. The molecule has 1 N–H and O–H groups in total. The Labute approximate surface area is 193 Å². The second-order valence-corrected chi connectivity index (χ2v) is 14.3. The number of para-hydroxylation sites is 1. The van der Waals surface area contributed by atoms with Crippen LogP contribution in [-0.4, -0.2) is 17.4 Å². The van der Waals surface area contributed by atoms with Crippen LogP contribution in [0, 0.1) is 29.6 Å². The number of aromatic hydroxyl groups is 1. The first-order valence-electron chi connectivity index (χ1n) is 11.4. The number of benzene rings is 1. The third-order valence-corrected chi connectivity index (χ3v) is 8.78. The van der Waals surface area contributed by atoms with E-state index < -0.39 is 20.8 Å². The van der Waals surface area contributed by atoms with E-state index in [1.54, 1.807) is 0 Å². The van der Waals surface area contributed by atoms with Crippen molar-refractivity contribution < 1.29 is 26.0 Å². The van der Waals surface area contributed by atoms with Crippen LogP contribution in [-0.2, 0) is 26.3 Å². The number of hydrogen-bond donors (Lipinski definition) is 1. The van der Waals surface area contributed by atoms with Gasteiger partial charge in [0, 0.05) is 17.3 Å². The van der Waals surface area contributed by atoms with Crippen molar-refractivity contribution in [3.8, 4) is 5.75 Å². The molecule has 3 unspecified atom stereocenters. The van der Waals surface area contributed by atoms with Gasteiger partial charge in [0.1, 0.15) is 5.75 Å². The Hall–Kier alpha value is 0.153. The summed E-state index contributed by atoms with van der Waals surface area (Å²) in [7, 11) is 9.87. The number of nitrogens with zero attached hydrogens (tertiary/aromatic N) is 1. The molecule has 0 spiro atoms. The molecule has 0 aromatic heterocycles. The summed E-state index contributed by atoms with van der Waals surface area (Å²) in [6.07, 6.45) is 15.7. The van der Waals surface area contributed by atoms with E-state index in [4.69, 9.17) is 22.0 Å². The predicted molar refractivity (Wildman–Crippen MR) is 116 cm³/mol. The first-order valence-corrected chi connectivity index (χ1v) is 17.7. The summed E-state index contributed by atoms with van der Waals surface area (Å²) >= 11 is -0.826. The van der Waals surface area contributed by atoms with Crippen molar-refractivity contribution in [2.75, 3.05) is 0 Å². The molecule has 6 aliphatic carbocycles. The minimum atomic E-state index is -0.826. The number of phenolic OH excluding ortho intramolecular Hbond substituents is 1. The van der Waals surface area contributed by atoms with Crippen LogP contribution >= 0.6 is 17.0 Å². The van der Waals surface area contributed by atoms with Gasteiger partial charge >= 0.3 is 37.9 Å². The van der Waals surface area contributed by atoms with Crippen molar-refractivity contribution in [1.29, 1.82) is 0 Å². The van der Waals surface area contributed by atoms with Gasteiger partial charge in [-0.05, 0) is 98.9 Å². The molecule has 0 radical (unpaired) electrons. The normalized spacial score (nSPS) is 41.6. The van der Waals surface area contributed by atoms with Crippen molar-refractivity contribution in [1.82, 2.24) is 0 Å². The van der Waals surface area contributed by atoms with Crippen molar-refractivity contribution in [3.05, 3.63) is 29.3 Å². The molecule has 0 amide bonds. The third kappa shape index (κ3) is 4.03. The predicted octanol–water partition coefficient (Wildman–Crippen LogP) is 6.84. The van der Waals surface area contributed by atoms with Gasteiger partial charge in [-0.2, -0.15) is 0 Å². The second-order valence-electron chi connectivity index (χ2n) is 10.5. The number of aliphatic imine (C=N–C) groups is 1. The Morgan fingerprint density at radius 3 is 2.14 bits per heavy atom. The van der Waals surface area contributed by atoms with E-state index >= 15 is 0 Å².